The van der Waals surface area contributed by atoms with E-state index in [2.05, 4.69) is 4.98 Å². The maximum atomic E-state index is 11.0. The van der Waals surface area contributed by atoms with Gasteiger partial charge in [-0.25, -0.2) is 4.98 Å². The van der Waals surface area contributed by atoms with E-state index < -0.39 is 10.9 Å². The van der Waals surface area contributed by atoms with E-state index in [0.29, 0.717) is 13.0 Å². The first kappa shape index (κ1) is 14.4. The lowest BCUT2D eigenvalue weighted by atomic mass is 10.2. The van der Waals surface area contributed by atoms with Crippen LogP contribution in [0.4, 0.5) is 11.5 Å². The predicted molar refractivity (Wildman–Crippen MR) is 65.7 cm³/mol. The number of nitro groups is 1. The van der Waals surface area contributed by atoms with Crippen molar-refractivity contribution in [1.82, 2.24) is 4.98 Å². The number of rotatable bonds is 6. The van der Waals surface area contributed by atoms with Crippen LogP contribution in [-0.4, -0.2) is 34.1 Å². The standard InChI is InChI=1S/C11H12N4O4/c1-2-3-14(7-10(16)17)11-9(15(18)19)4-8(5-12)6-13-11/h4,6H,2-3,7H2,1H3,(H,16,17). The number of anilines is 1. The van der Waals surface area contributed by atoms with E-state index in [1.165, 1.54) is 11.1 Å². The second-order valence-electron chi connectivity index (χ2n) is 3.75. The zero-order valence-electron chi connectivity index (χ0n) is 10.2. The summed E-state index contributed by atoms with van der Waals surface area (Å²) in [5.41, 5.74) is -0.309. The van der Waals surface area contributed by atoms with Gasteiger partial charge in [0, 0.05) is 18.8 Å². The summed E-state index contributed by atoms with van der Waals surface area (Å²) in [6, 6.07) is 2.85. The quantitative estimate of drug-likeness (QED) is 0.604. The number of aliphatic carboxylic acids is 1. The van der Waals surface area contributed by atoms with Crippen molar-refractivity contribution < 1.29 is 14.8 Å². The van der Waals surface area contributed by atoms with Gasteiger partial charge in [-0.3, -0.25) is 14.9 Å². The molecule has 8 nitrogen and oxygen atoms in total. The molecular formula is C11H12N4O4. The van der Waals surface area contributed by atoms with Gasteiger partial charge in [-0.05, 0) is 6.42 Å². The Labute approximate surface area is 109 Å². The Morgan fingerprint density at radius 3 is 2.84 bits per heavy atom. The van der Waals surface area contributed by atoms with Crippen LogP contribution in [0.3, 0.4) is 0 Å². The van der Waals surface area contributed by atoms with E-state index in [0.717, 1.165) is 6.07 Å². The number of carboxylic acid groups (broad SMARTS) is 1. The first-order valence-corrected chi connectivity index (χ1v) is 5.50. The molecule has 0 aromatic carbocycles. The third-order valence-corrected chi connectivity index (χ3v) is 2.29. The minimum Gasteiger partial charge on any atom is -0.480 e. The zero-order valence-corrected chi connectivity index (χ0v) is 10.2. The molecule has 1 N–H and O–H groups in total. The number of pyridine rings is 1. The number of nitrogens with zero attached hydrogens (tertiary/aromatic N) is 4. The van der Waals surface area contributed by atoms with E-state index in [1.807, 2.05) is 6.92 Å². The monoisotopic (exact) mass is 264 g/mol. The van der Waals surface area contributed by atoms with Crippen LogP contribution in [0, 0.1) is 21.4 Å². The zero-order chi connectivity index (χ0) is 14.4. The average molecular weight is 264 g/mol. The first-order chi connectivity index (χ1) is 8.99. The van der Waals surface area contributed by atoms with Crippen molar-refractivity contribution in [3.63, 3.8) is 0 Å². The lowest BCUT2D eigenvalue weighted by Crippen LogP contribution is -2.31. The molecule has 0 spiro atoms. The largest absolute Gasteiger partial charge is 0.480 e. The van der Waals surface area contributed by atoms with Crippen molar-refractivity contribution in [1.29, 1.82) is 5.26 Å². The Hall–Kier alpha value is -2.69. The third kappa shape index (κ3) is 3.64. The van der Waals surface area contributed by atoms with Gasteiger partial charge in [0.25, 0.3) is 0 Å². The molecule has 8 heteroatoms. The third-order valence-electron chi connectivity index (χ3n) is 2.29. The van der Waals surface area contributed by atoms with Crippen molar-refractivity contribution in [3.05, 3.63) is 27.9 Å². The predicted octanol–water partition coefficient (Wildman–Crippen LogP) is 1.16. The summed E-state index contributed by atoms with van der Waals surface area (Å²) in [6.45, 7) is 1.77. The molecule has 0 aliphatic carbocycles. The van der Waals surface area contributed by atoms with Crippen LogP contribution >= 0.6 is 0 Å². The molecule has 0 fully saturated rings. The average Bonchev–Trinajstić information content (AvgIpc) is 2.37. The molecule has 1 aromatic rings. The summed E-state index contributed by atoms with van der Waals surface area (Å²) in [7, 11) is 0. The molecule has 0 atom stereocenters. The molecule has 0 saturated carbocycles. The van der Waals surface area contributed by atoms with E-state index in [9.17, 15) is 14.9 Å². The lowest BCUT2D eigenvalue weighted by molar-refractivity contribution is -0.384. The fourth-order valence-corrected chi connectivity index (χ4v) is 1.58. The molecule has 0 bridgehead atoms. The molecule has 1 aromatic heterocycles. The highest BCUT2D eigenvalue weighted by atomic mass is 16.6. The highest BCUT2D eigenvalue weighted by Crippen LogP contribution is 2.26. The van der Waals surface area contributed by atoms with E-state index in [1.54, 1.807) is 6.07 Å². The molecule has 1 rings (SSSR count). The molecule has 1 heterocycles. The van der Waals surface area contributed by atoms with Crippen LogP contribution in [0.1, 0.15) is 18.9 Å². The Morgan fingerprint density at radius 1 is 1.68 bits per heavy atom. The van der Waals surface area contributed by atoms with Gasteiger partial charge in [-0.1, -0.05) is 6.92 Å². The van der Waals surface area contributed by atoms with Gasteiger partial charge in [0.2, 0.25) is 5.82 Å². The number of carboxylic acids is 1. The molecule has 0 saturated heterocycles. The Bertz CT molecular complexity index is 538. The lowest BCUT2D eigenvalue weighted by Gasteiger charge is -2.20. The summed E-state index contributed by atoms with van der Waals surface area (Å²) >= 11 is 0. The van der Waals surface area contributed by atoms with Gasteiger partial charge in [0.1, 0.15) is 12.6 Å². The van der Waals surface area contributed by atoms with Gasteiger partial charge in [-0.15, -0.1) is 0 Å². The summed E-state index contributed by atoms with van der Waals surface area (Å²) in [5, 5.41) is 28.5. The van der Waals surface area contributed by atoms with Crippen LogP contribution in [0.25, 0.3) is 0 Å². The maximum Gasteiger partial charge on any atom is 0.323 e. The molecule has 0 amide bonds. The van der Waals surface area contributed by atoms with Gasteiger partial charge < -0.3 is 10.0 Å². The van der Waals surface area contributed by atoms with E-state index in [4.69, 9.17) is 10.4 Å². The summed E-state index contributed by atoms with van der Waals surface area (Å²) < 4.78 is 0. The molecule has 0 unspecified atom stereocenters. The molecule has 100 valence electrons. The molecule has 0 aliphatic heterocycles. The van der Waals surface area contributed by atoms with Crippen molar-refractivity contribution in [2.45, 2.75) is 13.3 Å². The van der Waals surface area contributed by atoms with Gasteiger partial charge >= 0.3 is 11.7 Å². The smallest absolute Gasteiger partial charge is 0.323 e. The Balaban J connectivity index is 3.25. The molecule has 19 heavy (non-hydrogen) atoms. The normalized spacial score (nSPS) is 9.68. The minimum absolute atomic E-state index is 0.0340. The van der Waals surface area contributed by atoms with Gasteiger partial charge in [0.05, 0.1) is 10.5 Å². The van der Waals surface area contributed by atoms with Crippen molar-refractivity contribution in [3.8, 4) is 6.07 Å². The topological polar surface area (TPSA) is 120 Å². The fourth-order valence-electron chi connectivity index (χ4n) is 1.58. The minimum atomic E-state index is -1.10. The number of aromatic nitrogens is 1. The van der Waals surface area contributed by atoms with Crippen molar-refractivity contribution in [2.24, 2.45) is 0 Å². The van der Waals surface area contributed by atoms with Crippen LogP contribution in [0.2, 0.25) is 0 Å². The van der Waals surface area contributed by atoms with Crippen molar-refractivity contribution >= 4 is 17.5 Å². The van der Waals surface area contributed by atoms with E-state index in [-0.39, 0.29) is 23.6 Å². The van der Waals surface area contributed by atoms with E-state index >= 15 is 0 Å². The second-order valence-corrected chi connectivity index (χ2v) is 3.75. The van der Waals surface area contributed by atoms with Crippen LogP contribution in [0.15, 0.2) is 12.3 Å². The number of nitriles is 1. The van der Waals surface area contributed by atoms with Gasteiger partial charge in [0.15, 0.2) is 0 Å². The van der Waals surface area contributed by atoms with Crippen molar-refractivity contribution in [2.75, 3.05) is 18.0 Å². The number of hydrogen-bond donors (Lipinski definition) is 1. The SMILES string of the molecule is CCCN(CC(=O)O)c1ncc(C#N)cc1[N+](=O)[O-]. The molecule has 0 aliphatic rings. The van der Waals surface area contributed by atoms with Crippen LogP contribution < -0.4 is 4.90 Å². The Morgan fingerprint density at radius 2 is 2.37 bits per heavy atom. The van der Waals surface area contributed by atoms with Gasteiger partial charge in [-0.2, -0.15) is 5.26 Å². The number of carbonyl (C=O) groups is 1. The fraction of sp³-hybridized carbons (Fsp3) is 0.364. The van der Waals surface area contributed by atoms with Crippen LogP contribution in [0.5, 0.6) is 0 Å². The Kier molecular flexibility index (Phi) is 4.76. The highest BCUT2D eigenvalue weighted by Gasteiger charge is 2.23. The summed E-state index contributed by atoms with van der Waals surface area (Å²) in [4.78, 5) is 26.2. The van der Waals surface area contributed by atoms with Crippen LogP contribution in [-0.2, 0) is 4.79 Å². The maximum absolute atomic E-state index is 11.0. The highest BCUT2D eigenvalue weighted by molar-refractivity contribution is 5.75. The molecule has 0 radical (unpaired) electrons. The molecular weight excluding hydrogens is 252 g/mol. The number of hydrogen-bond acceptors (Lipinski definition) is 6. The summed E-state index contributed by atoms with van der Waals surface area (Å²) in [5.74, 6) is -1.14. The first-order valence-electron chi connectivity index (χ1n) is 5.50. The summed E-state index contributed by atoms with van der Waals surface area (Å²) in [6.07, 6.45) is 1.80. The second kappa shape index (κ2) is 6.30.